The zero-order chi connectivity index (χ0) is 11.8. The number of ether oxygens (including phenoxy) is 1. The summed E-state index contributed by atoms with van der Waals surface area (Å²) in [4.78, 5) is 13.0. The van der Waals surface area contributed by atoms with Gasteiger partial charge in [0.05, 0.1) is 0 Å². The second-order valence-electron chi connectivity index (χ2n) is 3.60. The Bertz CT molecular complexity index is 314. The molecule has 0 fully saturated rings. The number of carbonyl (C=O) groups excluding carboxylic acids is 1. The Kier molecular flexibility index (Phi) is 5.36. The highest BCUT2D eigenvalue weighted by atomic mass is 16.6. The molecule has 0 radical (unpaired) electrons. The molecule has 4 heteroatoms. The molecule has 1 rings (SSSR count). The van der Waals surface area contributed by atoms with E-state index in [9.17, 15) is 4.79 Å². The van der Waals surface area contributed by atoms with E-state index >= 15 is 0 Å². The zero-order valence-electron chi connectivity index (χ0n) is 9.56. The van der Waals surface area contributed by atoms with Gasteiger partial charge in [0.15, 0.2) is 0 Å². The minimum atomic E-state index is -0.308. The van der Waals surface area contributed by atoms with Crippen LogP contribution in [0.4, 0.5) is 4.79 Å². The van der Waals surface area contributed by atoms with E-state index in [2.05, 4.69) is 0 Å². The maximum Gasteiger partial charge on any atom is 0.409 e. The summed E-state index contributed by atoms with van der Waals surface area (Å²) in [6.45, 7) is 1.52. The van der Waals surface area contributed by atoms with Crippen LogP contribution in [0.3, 0.4) is 0 Å². The fraction of sp³-hybridized carbons (Fsp3) is 0.417. The lowest BCUT2D eigenvalue weighted by molar-refractivity contribution is 0.104. The number of hydrogen-bond donors (Lipinski definition) is 1. The number of carbonyl (C=O) groups is 1. The number of rotatable bonds is 5. The van der Waals surface area contributed by atoms with Crippen LogP contribution < -0.4 is 5.73 Å². The monoisotopic (exact) mass is 222 g/mol. The SMILES string of the molecule is CN(CCCN)C(=O)OCc1ccccc1. The van der Waals surface area contributed by atoms with Crippen LogP contribution >= 0.6 is 0 Å². The number of hydrogen-bond acceptors (Lipinski definition) is 3. The van der Waals surface area contributed by atoms with Crippen LogP contribution in [0, 0.1) is 0 Å². The molecule has 0 aliphatic rings. The van der Waals surface area contributed by atoms with Crippen molar-refractivity contribution in [3.8, 4) is 0 Å². The average molecular weight is 222 g/mol. The van der Waals surface area contributed by atoms with E-state index in [4.69, 9.17) is 10.5 Å². The third kappa shape index (κ3) is 4.31. The molecule has 88 valence electrons. The van der Waals surface area contributed by atoms with E-state index in [-0.39, 0.29) is 6.09 Å². The summed E-state index contributed by atoms with van der Waals surface area (Å²) in [6.07, 6.45) is 0.481. The third-order valence-electron chi connectivity index (χ3n) is 2.21. The molecule has 0 bridgehead atoms. The van der Waals surface area contributed by atoms with E-state index in [0.29, 0.717) is 19.7 Å². The first kappa shape index (κ1) is 12.5. The molecule has 1 aromatic carbocycles. The Morgan fingerprint density at radius 1 is 1.38 bits per heavy atom. The van der Waals surface area contributed by atoms with Gasteiger partial charge in [0.1, 0.15) is 6.61 Å². The number of benzene rings is 1. The van der Waals surface area contributed by atoms with Crippen molar-refractivity contribution in [2.24, 2.45) is 5.73 Å². The molecule has 0 saturated heterocycles. The van der Waals surface area contributed by atoms with Gasteiger partial charge in [-0.2, -0.15) is 0 Å². The lowest BCUT2D eigenvalue weighted by Crippen LogP contribution is -2.29. The smallest absolute Gasteiger partial charge is 0.409 e. The van der Waals surface area contributed by atoms with Crippen molar-refractivity contribution in [1.29, 1.82) is 0 Å². The van der Waals surface area contributed by atoms with Crippen LogP contribution in [0.1, 0.15) is 12.0 Å². The first-order valence-electron chi connectivity index (χ1n) is 5.36. The lowest BCUT2D eigenvalue weighted by atomic mass is 10.2. The largest absolute Gasteiger partial charge is 0.445 e. The Hall–Kier alpha value is -1.55. The Labute approximate surface area is 96.0 Å². The van der Waals surface area contributed by atoms with E-state index in [1.807, 2.05) is 30.3 Å². The molecule has 0 aliphatic heterocycles. The van der Waals surface area contributed by atoms with Gasteiger partial charge in [-0.3, -0.25) is 0 Å². The Balaban J connectivity index is 2.29. The van der Waals surface area contributed by atoms with Crippen molar-refractivity contribution in [2.75, 3.05) is 20.1 Å². The highest BCUT2D eigenvalue weighted by Gasteiger charge is 2.08. The topological polar surface area (TPSA) is 55.6 Å². The zero-order valence-corrected chi connectivity index (χ0v) is 9.56. The molecule has 0 spiro atoms. The van der Waals surface area contributed by atoms with Crippen molar-refractivity contribution in [3.63, 3.8) is 0 Å². The maximum atomic E-state index is 11.5. The summed E-state index contributed by atoms with van der Waals surface area (Å²) in [5, 5.41) is 0. The summed E-state index contributed by atoms with van der Waals surface area (Å²) in [6, 6.07) is 9.61. The van der Waals surface area contributed by atoms with Crippen molar-refractivity contribution in [3.05, 3.63) is 35.9 Å². The summed E-state index contributed by atoms with van der Waals surface area (Å²) in [5.74, 6) is 0. The summed E-state index contributed by atoms with van der Waals surface area (Å²) in [5.41, 5.74) is 6.35. The third-order valence-corrected chi connectivity index (χ3v) is 2.21. The van der Waals surface area contributed by atoms with Gasteiger partial charge in [-0.1, -0.05) is 30.3 Å². The Morgan fingerprint density at radius 3 is 2.69 bits per heavy atom. The predicted octanol–water partition coefficient (Wildman–Crippen LogP) is 1.60. The number of amides is 1. The normalized spacial score (nSPS) is 9.88. The number of nitrogens with zero attached hydrogens (tertiary/aromatic N) is 1. The quantitative estimate of drug-likeness (QED) is 0.823. The highest BCUT2D eigenvalue weighted by Crippen LogP contribution is 2.02. The van der Waals surface area contributed by atoms with Crippen LogP contribution in [-0.4, -0.2) is 31.1 Å². The predicted molar refractivity (Wildman–Crippen MR) is 62.9 cm³/mol. The van der Waals surface area contributed by atoms with Gasteiger partial charge in [0, 0.05) is 13.6 Å². The van der Waals surface area contributed by atoms with Crippen LogP contribution in [0.2, 0.25) is 0 Å². The Morgan fingerprint density at radius 2 is 2.06 bits per heavy atom. The fourth-order valence-electron chi connectivity index (χ4n) is 1.25. The van der Waals surface area contributed by atoms with Gasteiger partial charge in [-0.25, -0.2) is 4.79 Å². The van der Waals surface area contributed by atoms with E-state index < -0.39 is 0 Å². The van der Waals surface area contributed by atoms with Crippen LogP contribution in [-0.2, 0) is 11.3 Å². The van der Waals surface area contributed by atoms with E-state index in [1.165, 1.54) is 4.90 Å². The van der Waals surface area contributed by atoms with Gasteiger partial charge in [-0.05, 0) is 18.5 Å². The standard InChI is InChI=1S/C12H18N2O2/c1-14(9-5-8-13)12(15)16-10-11-6-3-2-4-7-11/h2-4,6-7H,5,8-10,13H2,1H3. The first-order valence-corrected chi connectivity index (χ1v) is 5.36. The molecule has 0 heterocycles. The molecule has 16 heavy (non-hydrogen) atoms. The number of nitrogens with two attached hydrogens (primary N) is 1. The van der Waals surface area contributed by atoms with Crippen molar-refractivity contribution >= 4 is 6.09 Å². The van der Waals surface area contributed by atoms with Gasteiger partial charge in [0.2, 0.25) is 0 Å². The summed E-state index contributed by atoms with van der Waals surface area (Å²) < 4.78 is 5.13. The van der Waals surface area contributed by atoms with E-state index in [0.717, 1.165) is 12.0 Å². The fourth-order valence-corrected chi connectivity index (χ4v) is 1.25. The molecule has 4 nitrogen and oxygen atoms in total. The van der Waals surface area contributed by atoms with Crippen molar-refractivity contribution < 1.29 is 9.53 Å². The van der Waals surface area contributed by atoms with Gasteiger partial charge in [0.25, 0.3) is 0 Å². The molecule has 0 aliphatic carbocycles. The second-order valence-corrected chi connectivity index (χ2v) is 3.60. The maximum absolute atomic E-state index is 11.5. The van der Waals surface area contributed by atoms with Crippen LogP contribution in [0.5, 0.6) is 0 Å². The molecule has 0 atom stereocenters. The minimum absolute atomic E-state index is 0.308. The van der Waals surface area contributed by atoms with E-state index in [1.54, 1.807) is 7.05 Å². The molecular formula is C12H18N2O2. The molecule has 2 N–H and O–H groups in total. The summed E-state index contributed by atoms with van der Waals surface area (Å²) >= 11 is 0. The molecule has 0 aromatic heterocycles. The average Bonchev–Trinajstić information content (AvgIpc) is 2.34. The first-order chi connectivity index (χ1) is 7.74. The molecule has 0 saturated carbocycles. The molecule has 1 aromatic rings. The summed E-state index contributed by atoms with van der Waals surface area (Å²) in [7, 11) is 1.71. The molecule has 0 unspecified atom stereocenters. The van der Waals surface area contributed by atoms with Crippen molar-refractivity contribution in [1.82, 2.24) is 4.90 Å². The highest BCUT2D eigenvalue weighted by molar-refractivity contribution is 5.67. The van der Waals surface area contributed by atoms with Gasteiger partial charge < -0.3 is 15.4 Å². The van der Waals surface area contributed by atoms with Crippen LogP contribution in [0.15, 0.2) is 30.3 Å². The molecular weight excluding hydrogens is 204 g/mol. The van der Waals surface area contributed by atoms with Gasteiger partial charge >= 0.3 is 6.09 Å². The lowest BCUT2D eigenvalue weighted by Gasteiger charge is -2.16. The molecule has 1 amide bonds. The van der Waals surface area contributed by atoms with Gasteiger partial charge in [-0.15, -0.1) is 0 Å². The van der Waals surface area contributed by atoms with Crippen molar-refractivity contribution in [2.45, 2.75) is 13.0 Å². The second kappa shape index (κ2) is 6.85. The van der Waals surface area contributed by atoms with Crippen LogP contribution in [0.25, 0.3) is 0 Å². The minimum Gasteiger partial charge on any atom is -0.445 e.